The van der Waals surface area contributed by atoms with Crippen LogP contribution in [-0.4, -0.2) is 26.3 Å². The molecule has 80 valence electrons. The quantitative estimate of drug-likeness (QED) is 0.618. The van der Waals surface area contributed by atoms with E-state index < -0.39 is 0 Å². The van der Waals surface area contributed by atoms with E-state index in [4.69, 9.17) is 4.74 Å². The highest BCUT2D eigenvalue weighted by atomic mass is 16.5. The van der Waals surface area contributed by atoms with Crippen molar-refractivity contribution in [1.82, 2.24) is 5.32 Å². The number of methoxy groups -OCH3 is 1. The Balaban J connectivity index is 3.54. The third kappa shape index (κ3) is 8.26. The van der Waals surface area contributed by atoms with Crippen molar-refractivity contribution in [2.24, 2.45) is 5.41 Å². The van der Waals surface area contributed by atoms with Gasteiger partial charge in [-0.1, -0.05) is 27.7 Å². The smallest absolute Gasteiger partial charge is 0.0462 e. The summed E-state index contributed by atoms with van der Waals surface area (Å²) in [7, 11) is 1.76. The molecule has 0 aromatic rings. The summed E-state index contributed by atoms with van der Waals surface area (Å²) in [4.78, 5) is 0. The Morgan fingerprint density at radius 1 is 1.31 bits per heavy atom. The van der Waals surface area contributed by atoms with Gasteiger partial charge in [0.25, 0.3) is 0 Å². The molecule has 0 bridgehead atoms. The molecule has 0 radical (unpaired) electrons. The van der Waals surface area contributed by atoms with Crippen LogP contribution in [0.5, 0.6) is 0 Å². The SMILES string of the molecule is COCCCC(C)(C)CNC(C)C. The zero-order valence-corrected chi connectivity index (χ0v) is 9.81. The molecule has 2 nitrogen and oxygen atoms in total. The Labute approximate surface area is 83.1 Å². The van der Waals surface area contributed by atoms with Crippen molar-refractivity contribution < 1.29 is 4.74 Å². The summed E-state index contributed by atoms with van der Waals surface area (Å²) < 4.78 is 5.04. The first-order chi connectivity index (χ1) is 5.98. The monoisotopic (exact) mass is 187 g/mol. The summed E-state index contributed by atoms with van der Waals surface area (Å²) in [5.74, 6) is 0. The summed E-state index contributed by atoms with van der Waals surface area (Å²) in [5.41, 5.74) is 0.392. The van der Waals surface area contributed by atoms with Crippen LogP contribution in [0.1, 0.15) is 40.5 Å². The molecule has 0 aromatic heterocycles. The van der Waals surface area contributed by atoms with Gasteiger partial charge in [-0.3, -0.25) is 0 Å². The van der Waals surface area contributed by atoms with Crippen molar-refractivity contribution in [2.45, 2.75) is 46.6 Å². The maximum atomic E-state index is 5.04. The van der Waals surface area contributed by atoms with Gasteiger partial charge in [-0.05, 0) is 18.3 Å². The number of hydrogen-bond donors (Lipinski definition) is 1. The molecule has 0 saturated heterocycles. The van der Waals surface area contributed by atoms with E-state index in [1.54, 1.807) is 7.11 Å². The molecule has 0 aromatic carbocycles. The van der Waals surface area contributed by atoms with Crippen LogP contribution in [0.2, 0.25) is 0 Å². The lowest BCUT2D eigenvalue weighted by molar-refractivity contribution is 0.173. The van der Waals surface area contributed by atoms with E-state index in [0.29, 0.717) is 11.5 Å². The van der Waals surface area contributed by atoms with Crippen LogP contribution < -0.4 is 5.32 Å². The topological polar surface area (TPSA) is 21.3 Å². The van der Waals surface area contributed by atoms with Crippen molar-refractivity contribution in [1.29, 1.82) is 0 Å². The molecule has 0 aliphatic heterocycles. The third-order valence-electron chi connectivity index (χ3n) is 2.19. The lowest BCUT2D eigenvalue weighted by Crippen LogP contribution is -2.34. The average molecular weight is 187 g/mol. The summed E-state index contributed by atoms with van der Waals surface area (Å²) in [6.07, 6.45) is 2.38. The van der Waals surface area contributed by atoms with Gasteiger partial charge in [-0.25, -0.2) is 0 Å². The van der Waals surface area contributed by atoms with Gasteiger partial charge < -0.3 is 10.1 Å². The van der Waals surface area contributed by atoms with Gasteiger partial charge in [0, 0.05) is 26.3 Å². The van der Waals surface area contributed by atoms with Crippen LogP contribution in [-0.2, 0) is 4.74 Å². The standard InChI is InChI=1S/C11H25NO/c1-10(2)12-9-11(3,4)7-6-8-13-5/h10,12H,6-9H2,1-5H3. The Morgan fingerprint density at radius 3 is 2.38 bits per heavy atom. The molecule has 0 amide bonds. The van der Waals surface area contributed by atoms with Gasteiger partial charge >= 0.3 is 0 Å². The molecule has 0 rings (SSSR count). The van der Waals surface area contributed by atoms with Crippen LogP contribution in [0, 0.1) is 5.41 Å². The maximum Gasteiger partial charge on any atom is 0.0462 e. The first kappa shape index (κ1) is 12.9. The number of rotatable bonds is 7. The van der Waals surface area contributed by atoms with E-state index in [9.17, 15) is 0 Å². The summed E-state index contributed by atoms with van der Waals surface area (Å²) in [5, 5.41) is 3.47. The van der Waals surface area contributed by atoms with Crippen molar-refractivity contribution in [2.75, 3.05) is 20.3 Å². The number of nitrogens with one attached hydrogen (secondary N) is 1. The van der Waals surface area contributed by atoms with Crippen LogP contribution in [0.4, 0.5) is 0 Å². The van der Waals surface area contributed by atoms with Gasteiger partial charge in [0.15, 0.2) is 0 Å². The van der Waals surface area contributed by atoms with E-state index in [2.05, 4.69) is 33.0 Å². The normalized spacial score (nSPS) is 12.5. The number of ether oxygens (including phenoxy) is 1. The fraction of sp³-hybridized carbons (Fsp3) is 1.00. The third-order valence-corrected chi connectivity index (χ3v) is 2.19. The summed E-state index contributed by atoms with van der Waals surface area (Å²) >= 11 is 0. The van der Waals surface area contributed by atoms with Crippen molar-refractivity contribution in [3.63, 3.8) is 0 Å². The Morgan fingerprint density at radius 2 is 1.92 bits per heavy atom. The fourth-order valence-electron chi connectivity index (χ4n) is 1.26. The molecule has 0 heterocycles. The van der Waals surface area contributed by atoms with Crippen molar-refractivity contribution in [3.8, 4) is 0 Å². The highest BCUT2D eigenvalue weighted by Gasteiger charge is 2.16. The average Bonchev–Trinajstić information content (AvgIpc) is 2.02. The molecule has 0 aliphatic carbocycles. The van der Waals surface area contributed by atoms with Crippen molar-refractivity contribution in [3.05, 3.63) is 0 Å². The van der Waals surface area contributed by atoms with E-state index in [1.807, 2.05) is 0 Å². The van der Waals surface area contributed by atoms with E-state index in [1.165, 1.54) is 6.42 Å². The second-order valence-corrected chi connectivity index (χ2v) is 4.80. The van der Waals surface area contributed by atoms with Crippen LogP contribution >= 0.6 is 0 Å². The molecule has 0 aliphatic rings. The summed E-state index contributed by atoms with van der Waals surface area (Å²) in [6, 6.07) is 0.585. The maximum absolute atomic E-state index is 5.04. The molecular formula is C11H25NO. The Kier molecular flexibility index (Phi) is 6.35. The van der Waals surface area contributed by atoms with E-state index in [0.717, 1.165) is 19.6 Å². The van der Waals surface area contributed by atoms with E-state index in [-0.39, 0.29) is 0 Å². The predicted molar refractivity (Wildman–Crippen MR) is 58.0 cm³/mol. The van der Waals surface area contributed by atoms with Gasteiger partial charge in [-0.15, -0.1) is 0 Å². The zero-order chi connectivity index (χ0) is 10.3. The van der Waals surface area contributed by atoms with Crippen LogP contribution in [0.15, 0.2) is 0 Å². The minimum atomic E-state index is 0.392. The van der Waals surface area contributed by atoms with Gasteiger partial charge in [-0.2, -0.15) is 0 Å². The molecule has 2 heteroatoms. The van der Waals surface area contributed by atoms with Gasteiger partial charge in [0.05, 0.1) is 0 Å². The first-order valence-electron chi connectivity index (χ1n) is 5.20. The fourth-order valence-corrected chi connectivity index (χ4v) is 1.26. The van der Waals surface area contributed by atoms with Crippen LogP contribution in [0.3, 0.4) is 0 Å². The van der Waals surface area contributed by atoms with Gasteiger partial charge in [0.1, 0.15) is 0 Å². The summed E-state index contributed by atoms with van der Waals surface area (Å²) in [6.45, 7) is 11.0. The first-order valence-corrected chi connectivity index (χ1v) is 5.20. The largest absolute Gasteiger partial charge is 0.385 e. The molecule has 1 N–H and O–H groups in total. The predicted octanol–water partition coefficient (Wildman–Crippen LogP) is 2.44. The minimum Gasteiger partial charge on any atom is -0.385 e. The molecule has 13 heavy (non-hydrogen) atoms. The highest BCUT2D eigenvalue weighted by molar-refractivity contribution is 4.72. The molecule has 0 unspecified atom stereocenters. The van der Waals surface area contributed by atoms with Crippen molar-refractivity contribution >= 4 is 0 Å². The van der Waals surface area contributed by atoms with Crippen LogP contribution in [0.25, 0.3) is 0 Å². The zero-order valence-electron chi connectivity index (χ0n) is 9.81. The minimum absolute atomic E-state index is 0.392. The molecule has 0 spiro atoms. The number of hydrogen-bond acceptors (Lipinski definition) is 2. The second-order valence-electron chi connectivity index (χ2n) is 4.80. The molecular weight excluding hydrogens is 162 g/mol. The van der Waals surface area contributed by atoms with Gasteiger partial charge in [0.2, 0.25) is 0 Å². The lowest BCUT2D eigenvalue weighted by Gasteiger charge is -2.26. The van der Waals surface area contributed by atoms with E-state index >= 15 is 0 Å². The molecule has 0 saturated carbocycles. The Hall–Kier alpha value is -0.0800. The molecule has 0 atom stereocenters. The Bertz CT molecular complexity index is 121. The lowest BCUT2D eigenvalue weighted by atomic mass is 9.87. The second kappa shape index (κ2) is 6.39. The molecule has 0 fully saturated rings. The highest BCUT2D eigenvalue weighted by Crippen LogP contribution is 2.21.